The molecule has 1 aromatic heterocycles. The Morgan fingerprint density at radius 1 is 1.17 bits per heavy atom. The van der Waals surface area contributed by atoms with Gasteiger partial charge in [-0.25, -0.2) is 8.42 Å². The first-order valence-corrected chi connectivity index (χ1v) is 10.2. The Morgan fingerprint density at radius 2 is 1.96 bits per heavy atom. The molecule has 8 heteroatoms. The first-order chi connectivity index (χ1) is 11.1. The summed E-state index contributed by atoms with van der Waals surface area (Å²) in [4.78, 5) is 14.7. The van der Waals surface area contributed by atoms with Crippen molar-refractivity contribution >= 4 is 15.7 Å². The first-order valence-electron chi connectivity index (χ1n) is 8.41. The standard InChI is InChI=1S/C15H24N4O3S/c20-15(6-9-18-10-8-16-17-18)19(13-4-2-1-3-5-13)14-7-11-23(21,22)12-14/h8,10,13-14H,1-7,9,11-12H2. The van der Waals surface area contributed by atoms with Gasteiger partial charge in [0.05, 0.1) is 24.2 Å². The van der Waals surface area contributed by atoms with Crippen LogP contribution in [0, 0.1) is 0 Å². The normalized spacial score (nSPS) is 24.6. The molecule has 1 aromatic rings. The maximum absolute atomic E-state index is 12.8. The second kappa shape index (κ2) is 6.98. The summed E-state index contributed by atoms with van der Waals surface area (Å²) < 4.78 is 25.3. The van der Waals surface area contributed by atoms with Crippen molar-refractivity contribution in [1.29, 1.82) is 0 Å². The zero-order chi connectivity index (χ0) is 16.3. The average molecular weight is 340 g/mol. The number of hydrogen-bond acceptors (Lipinski definition) is 5. The lowest BCUT2D eigenvalue weighted by Crippen LogP contribution is -2.48. The van der Waals surface area contributed by atoms with E-state index >= 15 is 0 Å². The number of carbonyl (C=O) groups is 1. The highest BCUT2D eigenvalue weighted by atomic mass is 32.2. The Labute approximate surface area is 137 Å². The summed E-state index contributed by atoms with van der Waals surface area (Å²) in [5.74, 6) is 0.380. The van der Waals surface area contributed by atoms with Crippen molar-refractivity contribution in [3.05, 3.63) is 12.4 Å². The Kier molecular flexibility index (Phi) is 4.99. The van der Waals surface area contributed by atoms with Gasteiger partial charge in [-0.15, -0.1) is 5.10 Å². The molecule has 1 saturated heterocycles. The predicted octanol–water partition coefficient (Wildman–Crippen LogP) is 1.02. The van der Waals surface area contributed by atoms with E-state index in [1.807, 2.05) is 4.90 Å². The summed E-state index contributed by atoms with van der Waals surface area (Å²) in [5, 5.41) is 7.62. The van der Waals surface area contributed by atoms with E-state index in [1.165, 1.54) is 6.42 Å². The molecule has 2 fully saturated rings. The molecule has 0 N–H and O–H groups in total. The molecule has 7 nitrogen and oxygen atoms in total. The Balaban J connectivity index is 1.70. The molecule has 1 aliphatic heterocycles. The topological polar surface area (TPSA) is 85.2 Å². The fourth-order valence-electron chi connectivity index (χ4n) is 3.75. The van der Waals surface area contributed by atoms with E-state index in [2.05, 4.69) is 10.3 Å². The lowest BCUT2D eigenvalue weighted by Gasteiger charge is -2.38. The smallest absolute Gasteiger partial charge is 0.224 e. The van der Waals surface area contributed by atoms with Crippen molar-refractivity contribution in [2.75, 3.05) is 11.5 Å². The Morgan fingerprint density at radius 3 is 2.57 bits per heavy atom. The molecule has 3 rings (SSSR count). The minimum atomic E-state index is -2.99. The van der Waals surface area contributed by atoms with E-state index in [4.69, 9.17) is 0 Å². The SMILES string of the molecule is O=C(CCn1ccnn1)N(C1CCCCC1)C1CCS(=O)(=O)C1. The first kappa shape index (κ1) is 16.4. The molecule has 1 atom stereocenters. The van der Waals surface area contributed by atoms with Gasteiger partial charge >= 0.3 is 0 Å². The third-order valence-electron chi connectivity index (χ3n) is 4.88. The molecular formula is C15H24N4O3S. The Bertz CT molecular complexity index is 623. The molecule has 23 heavy (non-hydrogen) atoms. The predicted molar refractivity (Wildman–Crippen MR) is 85.4 cm³/mol. The van der Waals surface area contributed by atoms with Crippen LogP contribution in [0.5, 0.6) is 0 Å². The average Bonchev–Trinajstić information content (AvgIpc) is 3.16. The summed E-state index contributed by atoms with van der Waals surface area (Å²) in [5.41, 5.74) is 0. The lowest BCUT2D eigenvalue weighted by atomic mass is 9.92. The van der Waals surface area contributed by atoms with E-state index in [9.17, 15) is 13.2 Å². The number of sulfone groups is 1. The van der Waals surface area contributed by atoms with Gasteiger partial charge in [-0.05, 0) is 19.3 Å². The van der Waals surface area contributed by atoms with Gasteiger partial charge in [0, 0.05) is 24.7 Å². The van der Waals surface area contributed by atoms with E-state index in [1.54, 1.807) is 17.1 Å². The van der Waals surface area contributed by atoms with E-state index in [0.717, 1.165) is 25.7 Å². The minimum Gasteiger partial charge on any atom is -0.336 e. The largest absolute Gasteiger partial charge is 0.336 e. The number of rotatable bonds is 5. The Hall–Kier alpha value is -1.44. The minimum absolute atomic E-state index is 0.0505. The zero-order valence-electron chi connectivity index (χ0n) is 13.3. The van der Waals surface area contributed by atoms with Crippen LogP contribution in [0.2, 0.25) is 0 Å². The van der Waals surface area contributed by atoms with Crippen molar-refractivity contribution < 1.29 is 13.2 Å². The van der Waals surface area contributed by atoms with Crippen LogP contribution in [0.3, 0.4) is 0 Å². The molecule has 2 heterocycles. The maximum Gasteiger partial charge on any atom is 0.224 e. The van der Waals surface area contributed by atoms with E-state index < -0.39 is 9.84 Å². The van der Waals surface area contributed by atoms with Gasteiger partial charge in [0.25, 0.3) is 0 Å². The fourth-order valence-corrected chi connectivity index (χ4v) is 5.46. The van der Waals surface area contributed by atoms with Gasteiger partial charge in [0.2, 0.25) is 5.91 Å². The summed E-state index contributed by atoms with van der Waals surface area (Å²) in [7, 11) is -2.99. The van der Waals surface area contributed by atoms with Crippen LogP contribution in [0.15, 0.2) is 12.4 Å². The van der Waals surface area contributed by atoms with Gasteiger partial charge in [-0.1, -0.05) is 24.5 Å². The summed E-state index contributed by atoms with van der Waals surface area (Å²) in [6, 6.07) is 0.0524. The molecule has 1 unspecified atom stereocenters. The molecule has 0 spiro atoms. The van der Waals surface area contributed by atoms with Crippen LogP contribution in [0.4, 0.5) is 0 Å². The van der Waals surface area contributed by atoms with Gasteiger partial charge in [-0.2, -0.15) is 0 Å². The van der Waals surface area contributed by atoms with Crippen LogP contribution in [-0.4, -0.2) is 57.8 Å². The van der Waals surface area contributed by atoms with Gasteiger partial charge in [0.15, 0.2) is 9.84 Å². The highest BCUT2D eigenvalue weighted by Gasteiger charge is 2.38. The molecule has 2 aliphatic rings. The summed E-state index contributed by atoms with van der Waals surface area (Å²) >= 11 is 0. The molecule has 0 radical (unpaired) electrons. The highest BCUT2D eigenvalue weighted by molar-refractivity contribution is 7.91. The number of hydrogen-bond donors (Lipinski definition) is 0. The van der Waals surface area contributed by atoms with Gasteiger partial charge < -0.3 is 4.90 Å². The number of carbonyl (C=O) groups excluding carboxylic acids is 1. The molecule has 128 valence electrons. The third kappa shape index (κ3) is 4.10. The van der Waals surface area contributed by atoms with E-state index in [-0.39, 0.29) is 29.5 Å². The number of aryl methyl sites for hydroxylation is 1. The van der Waals surface area contributed by atoms with Crippen molar-refractivity contribution in [2.45, 2.75) is 63.6 Å². The fraction of sp³-hybridized carbons (Fsp3) is 0.800. The van der Waals surface area contributed by atoms with Crippen LogP contribution in [0.1, 0.15) is 44.9 Å². The summed E-state index contributed by atoms with van der Waals surface area (Å²) in [6.07, 6.45) is 9.68. The van der Waals surface area contributed by atoms with Gasteiger partial charge in [-0.3, -0.25) is 9.48 Å². The van der Waals surface area contributed by atoms with Crippen LogP contribution < -0.4 is 0 Å². The second-order valence-electron chi connectivity index (χ2n) is 6.57. The maximum atomic E-state index is 12.8. The highest BCUT2D eigenvalue weighted by Crippen LogP contribution is 2.28. The molecule has 1 amide bonds. The lowest BCUT2D eigenvalue weighted by molar-refractivity contribution is -0.136. The number of amides is 1. The van der Waals surface area contributed by atoms with Crippen molar-refractivity contribution in [2.24, 2.45) is 0 Å². The molecule has 0 aromatic carbocycles. The van der Waals surface area contributed by atoms with Crippen LogP contribution >= 0.6 is 0 Å². The zero-order valence-corrected chi connectivity index (χ0v) is 14.1. The van der Waals surface area contributed by atoms with Gasteiger partial charge in [0.1, 0.15) is 0 Å². The van der Waals surface area contributed by atoms with Crippen molar-refractivity contribution in [3.8, 4) is 0 Å². The summed E-state index contributed by atoms with van der Waals surface area (Å²) in [6.45, 7) is 0.488. The van der Waals surface area contributed by atoms with Crippen LogP contribution in [-0.2, 0) is 21.2 Å². The number of nitrogens with zero attached hydrogens (tertiary/aromatic N) is 4. The molecular weight excluding hydrogens is 316 g/mol. The monoisotopic (exact) mass is 340 g/mol. The molecule has 1 aliphatic carbocycles. The van der Waals surface area contributed by atoms with E-state index in [0.29, 0.717) is 19.4 Å². The second-order valence-corrected chi connectivity index (χ2v) is 8.79. The van der Waals surface area contributed by atoms with Crippen LogP contribution in [0.25, 0.3) is 0 Å². The molecule has 1 saturated carbocycles. The third-order valence-corrected chi connectivity index (χ3v) is 6.63. The van der Waals surface area contributed by atoms with Crippen molar-refractivity contribution in [3.63, 3.8) is 0 Å². The molecule has 0 bridgehead atoms. The van der Waals surface area contributed by atoms with Crippen molar-refractivity contribution in [1.82, 2.24) is 19.9 Å². The quantitative estimate of drug-likeness (QED) is 0.799. The number of aromatic nitrogens is 3.